The van der Waals surface area contributed by atoms with Crippen LogP contribution >= 0.6 is 0 Å². The summed E-state index contributed by atoms with van der Waals surface area (Å²) in [5.74, 6) is 0.625. The van der Waals surface area contributed by atoms with Gasteiger partial charge in [0.05, 0.1) is 6.54 Å². The second kappa shape index (κ2) is 6.80. The van der Waals surface area contributed by atoms with E-state index in [1.807, 2.05) is 0 Å². The highest BCUT2D eigenvalue weighted by molar-refractivity contribution is 5.77. The number of hydrogen-bond donors (Lipinski definition) is 3. The summed E-state index contributed by atoms with van der Waals surface area (Å²) in [6.45, 7) is 7.50. The topological polar surface area (TPSA) is 53.2 Å². The maximum Gasteiger partial charge on any atom is 0.233 e. The Balaban J connectivity index is 2.05. The number of nitrogens with one attached hydrogen (secondary N) is 3. The van der Waals surface area contributed by atoms with Gasteiger partial charge in [0.2, 0.25) is 5.91 Å². The Bertz CT molecular complexity index is 188. The molecule has 88 valence electrons. The predicted octanol–water partition coefficient (Wildman–Crippen LogP) is 0.100. The van der Waals surface area contributed by atoms with Crippen molar-refractivity contribution in [1.82, 2.24) is 16.0 Å². The molecular formula is C11H23N3O. The van der Waals surface area contributed by atoms with E-state index in [0.29, 0.717) is 18.5 Å². The molecule has 0 saturated carbocycles. The standard InChI is InChI=1S/C11H23N3O/c1-9(2)6-14-11(15)8-13-10-4-3-5-12-7-10/h9-10,12-13H,3-8H2,1-2H3,(H,14,15). The maximum absolute atomic E-state index is 11.4. The number of hydrogen-bond acceptors (Lipinski definition) is 3. The van der Waals surface area contributed by atoms with Crippen LogP contribution in [-0.2, 0) is 4.79 Å². The summed E-state index contributed by atoms with van der Waals surface area (Å²) in [4.78, 5) is 11.4. The van der Waals surface area contributed by atoms with Crippen molar-refractivity contribution >= 4 is 5.91 Å². The van der Waals surface area contributed by atoms with Crippen molar-refractivity contribution in [2.75, 3.05) is 26.2 Å². The molecule has 0 radical (unpaired) electrons. The molecule has 1 rings (SSSR count). The van der Waals surface area contributed by atoms with Crippen LogP contribution in [0.3, 0.4) is 0 Å². The van der Waals surface area contributed by atoms with Crippen LogP contribution in [0.2, 0.25) is 0 Å². The minimum Gasteiger partial charge on any atom is -0.355 e. The van der Waals surface area contributed by atoms with Crippen LogP contribution in [0.15, 0.2) is 0 Å². The Morgan fingerprint density at radius 1 is 1.53 bits per heavy atom. The molecule has 0 spiro atoms. The monoisotopic (exact) mass is 213 g/mol. The van der Waals surface area contributed by atoms with Gasteiger partial charge in [-0.2, -0.15) is 0 Å². The van der Waals surface area contributed by atoms with Crippen LogP contribution < -0.4 is 16.0 Å². The summed E-state index contributed by atoms with van der Waals surface area (Å²) in [7, 11) is 0. The highest BCUT2D eigenvalue weighted by Crippen LogP contribution is 2.00. The fourth-order valence-electron chi connectivity index (χ4n) is 1.64. The van der Waals surface area contributed by atoms with Crippen molar-refractivity contribution in [3.63, 3.8) is 0 Å². The van der Waals surface area contributed by atoms with Crippen LogP contribution in [0, 0.1) is 5.92 Å². The highest BCUT2D eigenvalue weighted by Gasteiger charge is 2.13. The highest BCUT2D eigenvalue weighted by atomic mass is 16.1. The van der Waals surface area contributed by atoms with Gasteiger partial charge in [0.1, 0.15) is 0 Å². The van der Waals surface area contributed by atoms with Gasteiger partial charge in [-0.3, -0.25) is 4.79 Å². The van der Waals surface area contributed by atoms with E-state index in [-0.39, 0.29) is 5.91 Å². The van der Waals surface area contributed by atoms with E-state index in [2.05, 4.69) is 29.8 Å². The molecule has 15 heavy (non-hydrogen) atoms. The molecule has 0 aliphatic carbocycles. The molecule has 1 aliphatic heterocycles. The fraction of sp³-hybridized carbons (Fsp3) is 0.909. The first-order chi connectivity index (χ1) is 7.18. The lowest BCUT2D eigenvalue weighted by molar-refractivity contribution is -0.120. The molecule has 1 aliphatic rings. The molecule has 4 heteroatoms. The van der Waals surface area contributed by atoms with E-state index < -0.39 is 0 Å². The number of carbonyl (C=O) groups excluding carboxylic acids is 1. The second-order valence-electron chi connectivity index (χ2n) is 4.62. The van der Waals surface area contributed by atoms with Crippen LogP contribution in [0.5, 0.6) is 0 Å². The third-order valence-electron chi connectivity index (χ3n) is 2.56. The molecular weight excluding hydrogens is 190 g/mol. The van der Waals surface area contributed by atoms with E-state index in [1.54, 1.807) is 0 Å². The zero-order valence-corrected chi connectivity index (χ0v) is 9.81. The first kappa shape index (κ1) is 12.5. The van der Waals surface area contributed by atoms with Crippen molar-refractivity contribution < 1.29 is 4.79 Å². The van der Waals surface area contributed by atoms with Gasteiger partial charge in [-0.25, -0.2) is 0 Å². The molecule has 3 N–H and O–H groups in total. The number of amides is 1. The molecule has 0 aromatic carbocycles. The molecule has 4 nitrogen and oxygen atoms in total. The quantitative estimate of drug-likeness (QED) is 0.607. The van der Waals surface area contributed by atoms with Gasteiger partial charge in [0, 0.05) is 19.1 Å². The Morgan fingerprint density at radius 2 is 2.33 bits per heavy atom. The van der Waals surface area contributed by atoms with Crippen LogP contribution in [0.1, 0.15) is 26.7 Å². The fourth-order valence-corrected chi connectivity index (χ4v) is 1.64. The summed E-state index contributed by atoms with van der Waals surface area (Å²) in [6, 6.07) is 0.462. The average Bonchev–Trinajstić information content (AvgIpc) is 2.25. The lowest BCUT2D eigenvalue weighted by atomic mass is 10.1. The van der Waals surface area contributed by atoms with Crippen LogP contribution in [-0.4, -0.2) is 38.1 Å². The van der Waals surface area contributed by atoms with E-state index in [9.17, 15) is 4.79 Å². The molecule has 0 aromatic rings. The summed E-state index contributed by atoms with van der Waals surface area (Å²) >= 11 is 0. The zero-order chi connectivity index (χ0) is 11.1. The molecule has 1 fully saturated rings. The molecule has 0 aromatic heterocycles. The molecule has 0 bridgehead atoms. The number of piperidine rings is 1. The van der Waals surface area contributed by atoms with Crippen molar-refractivity contribution in [3.8, 4) is 0 Å². The lowest BCUT2D eigenvalue weighted by Gasteiger charge is -2.23. The first-order valence-electron chi connectivity index (χ1n) is 5.89. The molecule has 1 unspecified atom stereocenters. The third-order valence-corrected chi connectivity index (χ3v) is 2.56. The number of carbonyl (C=O) groups is 1. The Hall–Kier alpha value is -0.610. The largest absolute Gasteiger partial charge is 0.355 e. The smallest absolute Gasteiger partial charge is 0.233 e. The Morgan fingerprint density at radius 3 is 2.93 bits per heavy atom. The van der Waals surface area contributed by atoms with Crippen LogP contribution in [0.25, 0.3) is 0 Å². The maximum atomic E-state index is 11.4. The van der Waals surface area contributed by atoms with E-state index in [1.165, 1.54) is 12.8 Å². The second-order valence-corrected chi connectivity index (χ2v) is 4.62. The van der Waals surface area contributed by atoms with Crippen LogP contribution in [0.4, 0.5) is 0 Å². The Labute approximate surface area is 92.2 Å². The minimum atomic E-state index is 0.106. The normalized spacial score (nSPS) is 21.7. The summed E-state index contributed by atoms with van der Waals surface area (Å²) in [5.41, 5.74) is 0. The van der Waals surface area contributed by atoms with Gasteiger partial charge in [0.15, 0.2) is 0 Å². The average molecular weight is 213 g/mol. The SMILES string of the molecule is CC(C)CNC(=O)CNC1CCCNC1. The van der Waals surface area contributed by atoms with E-state index >= 15 is 0 Å². The van der Waals surface area contributed by atoms with Gasteiger partial charge in [-0.1, -0.05) is 13.8 Å². The molecule has 1 atom stereocenters. The van der Waals surface area contributed by atoms with Gasteiger partial charge < -0.3 is 16.0 Å². The van der Waals surface area contributed by atoms with Crippen molar-refractivity contribution in [3.05, 3.63) is 0 Å². The lowest BCUT2D eigenvalue weighted by Crippen LogP contribution is -2.47. The zero-order valence-electron chi connectivity index (χ0n) is 9.81. The summed E-state index contributed by atoms with van der Waals surface area (Å²) in [5, 5.41) is 9.48. The van der Waals surface area contributed by atoms with E-state index in [0.717, 1.165) is 19.6 Å². The summed E-state index contributed by atoms with van der Waals surface area (Å²) in [6.07, 6.45) is 2.37. The van der Waals surface area contributed by atoms with E-state index in [4.69, 9.17) is 0 Å². The van der Waals surface area contributed by atoms with Crippen molar-refractivity contribution in [1.29, 1.82) is 0 Å². The van der Waals surface area contributed by atoms with Gasteiger partial charge in [-0.05, 0) is 25.3 Å². The predicted molar refractivity (Wildman–Crippen MR) is 61.7 cm³/mol. The molecule has 1 heterocycles. The number of rotatable bonds is 5. The van der Waals surface area contributed by atoms with Crippen molar-refractivity contribution in [2.24, 2.45) is 5.92 Å². The molecule has 1 saturated heterocycles. The summed E-state index contributed by atoms with van der Waals surface area (Å²) < 4.78 is 0. The molecule has 1 amide bonds. The van der Waals surface area contributed by atoms with Crippen molar-refractivity contribution in [2.45, 2.75) is 32.7 Å². The Kier molecular flexibility index (Phi) is 5.65. The van der Waals surface area contributed by atoms with Gasteiger partial charge in [0.25, 0.3) is 0 Å². The third kappa shape index (κ3) is 5.74. The minimum absolute atomic E-state index is 0.106. The van der Waals surface area contributed by atoms with Gasteiger partial charge >= 0.3 is 0 Å². The van der Waals surface area contributed by atoms with Gasteiger partial charge in [-0.15, -0.1) is 0 Å². The first-order valence-corrected chi connectivity index (χ1v) is 5.89.